The minimum Gasteiger partial charge on any atom is -0.298 e. The molecule has 98 valence electrons. The van der Waals surface area contributed by atoms with Crippen LogP contribution in [0.15, 0.2) is 9.95 Å². The average molecular weight is 267 g/mol. The van der Waals surface area contributed by atoms with Crippen molar-refractivity contribution in [1.82, 2.24) is 20.1 Å². The van der Waals surface area contributed by atoms with Crippen LogP contribution >= 0.6 is 11.8 Å². The Bertz CT molecular complexity index is 496. The van der Waals surface area contributed by atoms with Crippen LogP contribution in [0, 0.1) is 11.3 Å². The summed E-state index contributed by atoms with van der Waals surface area (Å²) in [6.07, 6.45) is 2.31. The second-order valence-electron chi connectivity index (χ2n) is 4.71. The first-order valence-electron chi connectivity index (χ1n) is 6.07. The van der Waals surface area contributed by atoms with Crippen molar-refractivity contribution >= 4 is 11.8 Å². The molecule has 1 heterocycles. The Morgan fingerprint density at radius 2 is 2.39 bits per heavy atom. The summed E-state index contributed by atoms with van der Waals surface area (Å²) in [6.45, 7) is 3.87. The number of hydrogen-bond acceptors (Lipinski definition) is 5. The van der Waals surface area contributed by atoms with Crippen molar-refractivity contribution in [2.75, 3.05) is 5.75 Å². The maximum Gasteiger partial charge on any atom is 0.344 e. The van der Waals surface area contributed by atoms with E-state index in [1.165, 1.54) is 11.8 Å². The number of nitriles is 1. The van der Waals surface area contributed by atoms with Crippen molar-refractivity contribution in [2.24, 2.45) is 0 Å². The summed E-state index contributed by atoms with van der Waals surface area (Å²) < 4.78 is 1.61. The van der Waals surface area contributed by atoms with Crippen molar-refractivity contribution < 1.29 is 0 Å². The molecule has 0 spiro atoms. The smallest absolute Gasteiger partial charge is 0.298 e. The summed E-state index contributed by atoms with van der Waals surface area (Å²) in [6, 6.07) is 2.62. The lowest BCUT2D eigenvalue weighted by Crippen LogP contribution is -2.31. The number of nitrogens with zero attached hydrogens (tertiary/aromatic N) is 3. The van der Waals surface area contributed by atoms with Gasteiger partial charge in [0.05, 0.1) is 6.07 Å². The number of nitrogens with one attached hydrogen (secondary N) is 2. The molecule has 0 aliphatic heterocycles. The topological polar surface area (TPSA) is 86.5 Å². The van der Waals surface area contributed by atoms with Crippen LogP contribution in [-0.2, 0) is 0 Å². The monoisotopic (exact) mass is 267 g/mol. The van der Waals surface area contributed by atoms with Gasteiger partial charge in [-0.3, -0.25) is 9.88 Å². The van der Waals surface area contributed by atoms with E-state index < -0.39 is 0 Å². The molecular formula is C11H17N5OS. The number of thioether (sulfide) groups is 1. The van der Waals surface area contributed by atoms with Crippen LogP contribution in [0.2, 0.25) is 0 Å². The minimum absolute atomic E-state index is 0.0654. The first-order chi connectivity index (χ1) is 8.61. The van der Waals surface area contributed by atoms with E-state index in [1.807, 2.05) is 13.8 Å². The molecule has 6 nitrogen and oxygen atoms in total. The van der Waals surface area contributed by atoms with E-state index >= 15 is 0 Å². The maximum atomic E-state index is 11.5. The van der Waals surface area contributed by atoms with Crippen LogP contribution < -0.4 is 11.0 Å². The molecule has 2 N–H and O–H groups in total. The van der Waals surface area contributed by atoms with Crippen LogP contribution in [0.5, 0.6) is 0 Å². The average Bonchev–Trinajstić information content (AvgIpc) is 3.06. The van der Waals surface area contributed by atoms with Gasteiger partial charge in [-0.1, -0.05) is 11.8 Å². The van der Waals surface area contributed by atoms with Gasteiger partial charge in [0, 0.05) is 17.8 Å². The summed E-state index contributed by atoms with van der Waals surface area (Å²) in [4.78, 5) is 11.5. The number of aromatic amines is 1. The fraction of sp³-hybridized carbons (Fsp3) is 0.727. The van der Waals surface area contributed by atoms with E-state index in [4.69, 9.17) is 5.26 Å². The number of rotatable bonds is 6. The van der Waals surface area contributed by atoms with Gasteiger partial charge in [0.25, 0.3) is 0 Å². The highest BCUT2D eigenvalue weighted by atomic mass is 32.2. The van der Waals surface area contributed by atoms with Gasteiger partial charge in [-0.2, -0.15) is 5.26 Å². The van der Waals surface area contributed by atoms with Gasteiger partial charge in [-0.05, 0) is 26.7 Å². The summed E-state index contributed by atoms with van der Waals surface area (Å²) in [5.41, 5.74) is -0.198. The first-order valence-corrected chi connectivity index (χ1v) is 7.05. The minimum atomic E-state index is -0.198. The van der Waals surface area contributed by atoms with Gasteiger partial charge in [0.15, 0.2) is 5.16 Å². The van der Waals surface area contributed by atoms with E-state index in [9.17, 15) is 4.79 Å². The van der Waals surface area contributed by atoms with Gasteiger partial charge >= 0.3 is 5.69 Å². The molecule has 1 aromatic heterocycles. The molecule has 0 radical (unpaired) electrons. The number of hydrogen-bond donors (Lipinski definition) is 2. The molecule has 1 aliphatic rings. The zero-order valence-corrected chi connectivity index (χ0v) is 11.3. The predicted molar refractivity (Wildman–Crippen MR) is 69.5 cm³/mol. The van der Waals surface area contributed by atoms with E-state index in [0.29, 0.717) is 17.0 Å². The third-order valence-corrected chi connectivity index (χ3v) is 3.78. The predicted octanol–water partition coefficient (Wildman–Crippen LogP) is 0.889. The van der Waals surface area contributed by atoms with Crippen molar-refractivity contribution in [2.45, 2.75) is 50.0 Å². The summed E-state index contributed by atoms with van der Waals surface area (Å²) in [7, 11) is 0. The van der Waals surface area contributed by atoms with Gasteiger partial charge < -0.3 is 0 Å². The van der Waals surface area contributed by atoms with Crippen molar-refractivity contribution in [1.29, 1.82) is 5.26 Å². The lowest BCUT2D eigenvalue weighted by molar-refractivity contribution is 0.533. The zero-order chi connectivity index (χ0) is 13.1. The standard InChI is InChI=1S/C11H17N5OS/c1-7(2)16-10(17)14-15-11(16)18-6-9(5-12)13-8-3-4-8/h7-9,13H,3-4,6H2,1-2H3,(H,14,17). The molecule has 1 saturated carbocycles. The molecule has 2 rings (SSSR count). The van der Waals surface area contributed by atoms with E-state index in [0.717, 1.165) is 12.8 Å². The Morgan fingerprint density at radius 1 is 1.67 bits per heavy atom. The third-order valence-electron chi connectivity index (χ3n) is 2.74. The van der Waals surface area contributed by atoms with Crippen molar-refractivity contribution in [3.05, 3.63) is 10.5 Å². The van der Waals surface area contributed by atoms with Crippen molar-refractivity contribution in [3.63, 3.8) is 0 Å². The first kappa shape index (κ1) is 13.2. The quantitative estimate of drug-likeness (QED) is 0.747. The summed E-state index contributed by atoms with van der Waals surface area (Å²) in [5, 5.41) is 19.4. The van der Waals surface area contributed by atoms with E-state index in [-0.39, 0.29) is 17.8 Å². The van der Waals surface area contributed by atoms with Crippen LogP contribution in [0.25, 0.3) is 0 Å². The van der Waals surface area contributed by atoms with Crippen molar-refractivity contribution in [3.8, 4) is 6.07 Å². The number of H-pyrrole nitrogens is 1. The maximum absolute atomic E-state index is 11.5. The Kier molecular flexibility index (Phi) is 4.09. The fourth-order valence-electron chi connectivity index (χ4n) is 1.66. The second-order valence-corrected chi connectivity index (χ2v) is 5.70. The van der Waals surface area contributed by atoms with Crippen LogP contribution in [0.1, 0.15) is 32.7 Å². The Hall–Kier alpha value is -1.26. The van der Waals surface area contributed by atoms with Crippen LogP contribution in [0.3, 0.4) is 0 Å². The molecule has 1 fully saturated rings. The van der Waals surface area contributed by atoms with E-state index in [1.54, 1.807) is 4.57 Å². The Labute approximate surface area is 110 Å². The summed E-state index contributed by atoms with van der Waals surface area (Å²) >= 11 is 1.43. The molecule has 18 heavy (non-hydrogen) atoms. The lowest BCUT2D eigenvalue weighted by Gasteiger charge is -2.11. The molecule has 1 unspecified atom stereocenters. The highest BCUT2D eigenvalue weighted by molar-refractivity contribution is 7.99. The summed E-state index contributed by atoms with van der Waals surface area (Å²) in [5.74, 6) is 0.601. The third kappa shape index (κ3) is 3.15. The number of aromatic nitrogens is 3. The van der Waals surface area contributed by atoms with Gasteiger partial charge in [0.2, 0.25) is 0 Å². The molecule has 1 aromatic rings. The SMILES string of the molecule is CC(C)n1c(SCC(C#N)NC2CC2)n[nH]c1=O. The molecule has 0 aromatic carbocycles. The fourth-order valence-corrected chi connectivity index (χ4v) is 2.69. The largest absolute Gasteiger partial charge is 0.344 e. The zero-order valence-electron chi connectivity index (χ0n) is 10.5. The van der Waals surface area contributed by atoms with E-state index in [2.05, 4.69) is 21.6 Å². The van der Waals surface area contributed by atoms with Gasteiger partial charge in [-0.15, -0.1) is 5.10 Å². The van der Waals surface area contributed by atoms with Gasteiger partial charge in [-0.25, -0.2) is 9.89 Å². The molecule has 1 aliphatic carbocycles. The molecule has 0 bridgehead atoms. The highest BCUT2D eigenvalue weighted by Gasteiger charge is 2.25. The van der Waals surface area contributed by atoms with Crippen LogP contribution in [-0.4, -0.2) is 32.6 Å². The lowest BCUT2D eigenvalue weighted by atomic mass is 10.4. The Balaban J connectivity index is 1.96. The molecule has 0 amide bonds. The molecule has 0 saturated heterocycles. The van der Waals surface area contributed by atoms with Gasteiger partial charge in [0.1, 0.15) is 6.04 Å². The highest BCUT2D eigenvalue weighted by Crippen LogP contribution is 2.22. The normalized spacial score (nSPS) is 16.8. The molecule has 7 heteroatoms. The molecule has 1 atom stereocenters. The molecular weight excluding hydrogens is 250 g/mol. The second kappa shape index (κ2) is 5.59. The Morgan fingerprint density at radius 3 is 2.94 bits per heavy atom. The van der Waals surface area contributed by atoms with Crippen LogP contribution in [0.4, 0.5) is 0 Å².